The molecule has 0 bridgehead atoms. The molecule has 2 saturated heterocycles. The van der Waals surface area contributed by atoms with Gasteiger partial charge in [-0.15, -0.1) is 0 Å². The van der Waals surface area contributed by atoms with E-state index in [0.717, 1.165) is 25.8 Å². The molecule has 2 heterocycles. The van der Waals surface area contributed by atoms with Crippen LogP contribution in [-0.4, -0.2) is 78.2 Å². The first-order valence-electron chi connectivity index (χ1n) is 11.0. The van der Waals surface area contributed by atoms with Crippen LogP contribution in [0, 0.1) is 5.82 Å². The lowest BCUT2D eigenvalue weighted by Gasteiger charge is -2.41. The molecule has 3 rings (SSSR count). The minimum atomic E-state index is -0.541. The number of rotatable bonds is 4. The van der Waals surface area contributed by atoms with Gasteiger partial charge in [0.2, 0.25) is 5.91 Å². The summed E-state index contributed by atoms with van der Waals surface area (Å²) in [5, 5.41) is 0. The van der Waals surface area contributed by atoms with Gasteiger partial charge in [-0.1, -0.05) is 12.5 Å². The molecule has 1 atom stereocenters. The van der Waals surface area contributed by atoms with E-state index in [1.54, 1.807) is 17.0 Å². The quantitative estimate of drug-likeness (QED) is 0.727. The molecule has 2 aliphatic heterocycles. The van der Waals surface area contributed by atoms with Crippen molar-refractivity contribution in [3.8, 4) is 5.75 Å². The van der Waals surface area contributed by atoms with E-state index in [-0.39, 0.29) is 23.9 Å². The van der Waals surface area contributed by atoms with Crippen molar-refractivity contribution in [3.05, 3.63) is 29.6 Å². The lowest BCUT2D eigenvalue weighted by Crippen LogP contribution is -2.57. The topological polar surface area (TPSA) is 62.3 Å². The number of likely N-dealkylation sites (tertiary alicyclic amines) is 1. The first-order chi connectivity index (χ1) is 14.7. The van der Waals surface area contributed by atoms with Crippen molar-refractivity contribution in [2.45, 2.75) is 58.2 Å². The third-order valence-electron chi connectivity index (χ3n) is 5.80. The second-order valence-electron chi connectivity index (χ2n) is 9.20. The molecule has 2 amide bonds. The Labute approximate surface area is 184 Å². The van der Waals surface area contributed by atoms with E-state index in [4.69, 9.17) is 9.47 Å². The molecule has 0 aliphatic carbocycles. The number of hydrogen-bond acceptors (Lipinski definition) is 5. The molecule has 0 spiro atoms. The van der Waals surface area contributed by atoms with Gasteiger partial charge >= 0.3 is 6.09 Å². The average Bonchev–Trinajstić information content (AvgIpc) is 2.74. The first kappa shape index (κ1) is 23.3. The summed E-state index contributed by atoms with van der Waals surface area (Å²) in [6.07, 6.45) is 2.36. The zero-order chi connectivity index (χ0) is 22.6. The smallest absolute Gasteiger partial charge is 0.410 e. The molecule has 1 aromatic rings. The summed E-state index contributed by atoms with van der Waals surface area (Å²) >= 11 is 0. The normalized spacial score (nSPS) is 20.5. The Morgan fingerprint density at radius 1 is 1.06 bits per heavy atom. The van der Waals surface area contributed by atoms with Crippen LogP contribution in [0.4, 0.5) is 9.18 Å². The van der Waals surface area contributed by atoms with Crippen molar-refractivity contribution >= 4 is 12.0 Å². The van der Waals surface area contributed by atoms with E-state index in [1.165, 1.54) is 13.2 Å². The monoisotopic (exact) mass is 435 g/mol. The number of hydrogen-bond donors (Lipinski definition) is 0. The summed E-state index contributed by atoms with van der Waals surface area (Å²) in [5.41, 5.74) is -0.0557. The van der Waals surface area contributed by atoms with Gasteiger partial charge in [-0.3, -0.25) is 9.69 Å². The highest BCUT2D eigenvalue weighted by Gasteiger charge is 2.35. The summed E-state index contributed by atoms with van der Waals surface area (Å²) in [7, 11) is 1.53. The summed E-state index contributed by atoms with van der Waals surface area (Å²) in [4.78, 5) is 31.1. The van der Waals surface area contributed by atoms with E-state index < -0.39 is 5.60 Å². The molecule has 1 aromatic carbocycles. The molecule has 172 valence electrons. The maximum Gasteiger partial charge on any atom is 0.410 e. The number of methoxy groups -OCH3 is 1. The number of ether oxygens (including phenoxy) is 2. The van der Waals surface area contributed by atoms with Gasteiger partial charge in [0.1, 0.15) is 17.2 Å². The molecule has 7 nitrogen and oxygen atoms in total. The second kappa shape index (κ2) is 9.85. The molecule has 0 aromatic heterocycles. The Hall–Kier alpha value is -2.35. The van der Waals surface area contributed by atoms with Crippen molar-refractivity contribution in [1.82, 2.24) is 14.7 Å². The van der Waals surface area contributed by atoms with E-state index in [0.29, 0.717) is 44.0 Å². The fourth-order valence-electron chi connectivity index (χ4n) is 4.19. The molecule has 2 aliphatic rings. The van der Waals surface area contributed by atoms with Crippen LogP contribution in [0.1, 0.15) is 45.6 Å². The molecule has 8 heteroatoms. The second-order valence-corrected chi connectivity index (χ2v) is 9.20. The molecular weight excluding hydrogens is 401 g/mol. The number of amides is 2. The number of carbonyl (C=O) groups excluding carboxylic acids is 2. The van der Waals surface area contributed by atoms with Gasteiger partial charge in [-0.25, -0.2) is 9.18 Å². The van der Waals surface area contributed by atoms with Crippen LogP contribution < -0.4 is 4.74 Å². The van der Waals surface area contributed by atoms with Crippen LogP contribution in [0.2, 0.25) is 0 Å². The summed E-state index contributed by atoms with van der Waals surface area (Å²) in [5.74, 6) is 0.240. The minimum absolute atomic E-state index is 0.0545. The Morgan fingerprint density at radius 3 is 2.39 bits per heavy atom. The zero-order valence-corrected chi connectivity index (χ0v) is 19.0. The highest BCUT2D eigenvalue weighted by atomic mass is 19.1. The molecule has 0 saturated carbocycles. The molecule has 31 heavy (non-hydrogen) atoms. The van der Waals surface area contributed by atoms with Crippen molar-refractivity contribution < 1.29 is 23.5 Å². The number of benzene rings is 1. The number of nitrogens with zero attached hydrogens (tertiary/aromatic N) is 3. The summed E-state index contributed by atoms with van der Waals surface area (Å²) in [6, 6.07) is 4.51. The number of halogens is 1. The highest BCUT2D eigenvalue weighted by molar-refractivity contribution is 5.82. The largest absolute Gasteiger partial charge is 0.496 e. The van der Waals surface area contributed by atoms with Gasteiger partial charge in [-0.05, 0) is 52.3 Å². The van der Waals surface area contributed by atoms with Gasteiger partial charge in [0, 0.05) is 38.3 Å². The van der Waals surface area contributed by atoms with Crippen molar-refractivity contribution in [1.29, 1.82) is 0 Å². The molecule has 0 radical (unpaired) electrons. The average molecular weight is 436 g/mol. The zero-order valence-electron chi connectivity index (χ0n) is 19.0. The molecule has 0 N–H and O–H groups in total. The van der Waals surface area contributed by atoms with Gasteiger partial charge in [0.15, 0.2) is 0 Å². The van der Waals surface area contributed by atoms with Crippen LogP contribution in [0.15, 0.2) is 18.2 Å². The number of piperazine rings is 1. The fourth-order valence-corrected chi connectivity index (χ4v) is 4.19. The van der Waals surface area contributed by atoms with Crippen molar-refractivity contribution in [3.63, 3.8) is 0 Å². The van der Waals surface area contributed by atoms with Crippen LogP contribution in [0.5, 0.6) is 5.75 Å². The van der Waals surface area contributed by atoms with Gasteiger partial charge in [-0.2, -0.15) is 0 Å². The van der Waals surface area contributed by atoms with Crippen LogP contribution in [0.25, 0.3) is 0 Å². The third-order valence-corrected chi connectivity index (χ3v) is 5.80. The maximum atomic E-state index is 14.5. The Bertz CT molecular complexity index is 788. The van der Waals surface area contributed by atoms with Crippen LogP contribution in [-0.2, 0) is 16.1 Å². The molecule has 2 fully saturated rings. The summed E-state index contributed by atoms with van der Waals surface area (Å²) in [6.45, 7) is 8.46. The minimum Gasteiger partial charge on any atom is -0.496 e. The first-order valence-corrected chi connectivity index (χ1v) is 11.0. The van der Waals surface area contributed by atoms with E-state index >= 15 is 0 Å². The predicted octanol–water partition coefficient (Wildman–Crippen LogP) is 3.27. The number of carbonyl (C=O) groups is 2. The number of piperidine rings is 1. The van der Waals surface area contributed by atoms with Crippen molar-refractivity contribution in [2.24, 2.45) is 0 Å². The van der Waals surface area contributed by atoms with Gasteiger partial charge in [0.25, 0.3) is 0 Å². The lowest BCUT2D eigenvalue weighted by atomic mass is 9.99. The van der Waals surface area contributed by atoms with E-state index in [1.807, 2.05) is 25.7 Å². The van der Waals surface area contributed by atoms with Crippen LogP contribution in [0.3, 0.4) is 0 Å². The predicted molar refractivity (Wildman–Crippen MR) is 115 cm³/mol. The van der Waals surface area contributed by atoms with E-state index in [2.05, 4.69) is 4.90 Å². The van der Waals surface area contributed by atoms with E-state index in [9.17, 15) is 14.0 Å². The van der Waals surface area contributed by atoms with Gasteiger partial charge < -0.3 is 19.3 Å². The Balaban J connectivity index is 1.63. The Kier molecular flexibility index (Phi) is 7.41. The lowest BCUT2D eigenvalue weighted by molar-refractivity contribution is -0.140. The third kappa shape index (κ3) is 5.87. The highest BCUT2D eigenvalue weighted by Crippen LogP contribution is 2.27. The fraction of sp³-hybridized carbons (Fsp3) is 0.652. The SMILES string of the molecule is COc1cccc(F)c1CN1CCCC[C@H]1C(=O)N1CCN(C(=O)OC(C)(C)C)CC1. The molecular formula is C23H34FN3O4. The summed E-state index contributed by atoms with van der Waals surface area (Å²) < 4.78 is 25.2. The molecule has 0 unspecified atom stereocenters. The van der Waals surface area contributed by atoms with Crippen LogP contribution >= 0.6 is 0 Å². The van der Waals surface area contributed by atoms with Crippen molar-refractivity contribution in [2.75, 3.05) is 39.8 Å². The maximum absolute atomic E-state index is 14.5. The standard InChI is InChI=1S/C23H34FN3O4/c1-23(2,3)31-22(29)26-14-12-25(13-15-26)21(28)19-9-5-6-11-27(19)16-17-18(24)8-7-10-20(17)30-4/h7-8,10,19H,5-6,9,11-16H2,1-4H3/t19-/m0/s1. The Morgan fingerprint density at radius 2 is 1.74 bits per heavy atom. The van der Waals surface area contributed by atoms with Gasteiger partial charge in [0.05, 0.1) is 13.2 Å².